The van der Waals surface area contributed by atoms with Gasteiger partial charge < -0.3 is 5.11 Å². The number of rotatable bonds is 4. The van der Waals surface area contributed by atoms with Gasteiger partial charge >= 0.3 is 0 Å². The molecule has 2 rings (SSSR count). The number of amides is 2. The first-order valence-corrected chi connectivity index (χ1v) is 7.39. The summed E-state index contributed by atoms with van der Waals surface area (Å²) in [6.07, 6.45) is 1.95. The van der Waals surface area contributed by atoms with Crippen LogP contribution in [0.1, 0.15) is 23.2 Å². The summed E-state index contributed by atoms with van der Waals surface area (Å²) in [5, 5.41) is 12.1. The number of piperidine rings is 1. The second-order valence-corrected chi connectivity index (χ2v) is 5.75. The maximum atomic E-state index is 11.9. The van der Waals surface area contributed by atoms with E-state index < -0.39 is 5.91 Å². The Hall–Kier alpha value is -1.43. The topological polar surface area (TPSA) is 69.6 Å². The van der Waals surface area contributed by atoms with Crippen LogP contribution < -0.4 is 5.32 Å². The predicted octanol–water partition coefficient (Wildman–Crippen LogP) is 1.30. The quantitative estimate of drug-likeness (QED) is 0.879. The van der Waals surface area contributed by atoms with Gasteiger partial charge in [-0.2, -0.15) is 0 Å². The van der Waals surface area contributed by atoms with Gasteiger partial charge in [0.2, 0.25) is 5.91 Å². The van der Waals surface area contributed by atoms with Crippen LogP contribution in [0.15, 0.2) is 24.3 Å². The highest BCUT2D eigenvalue weighted by Gasteiger charge is 2.21. The van der Waals surface area contributed by atoms with E-state index in [4.69, 9.17) is 16.7 Å². The van der Waals surface area contributed by atoms with Gasteiger partial charge in [0.15, 0.2) is 0 Å². The molecule has 1 atom stereocenters. The minimum absolute atomic E-state index is 0.141. The molecule has 6 heteroatoms. The van der Waals surface area contributed by atoms with Crippen molar-refractivity contribution < 1.29 is 14.7 Å². The molecule has 1 aromatic carbocycles. The van der Waals surface area contributed by atoms with Crippen molar-refractivity contribution in [3.05, 3.63) is 34.9 Å². The zero-order valence-corrected chi connectivity index (χ0v) is 12.5. The maximum Gasteiger partial charge on any atom is 0.257 e. The number of hydrogen-bond acceptors (Lipinski definition) is 4. The first-order chi connectivity index (χ1) is 10.1. The van der Waals surface area contributed by atoms with Crippen LogP contribution in [0.3, 0.4) is 0 Å². The Balaban J connectivity index is 1.83. The van der Waals surface area contributed by atoms with Crippen molar-refractivity contribution in [1.82, 2.24) is 10.2 Å². The summed E-state index contributed by atoms with van der Waals surface area (Å²) >= 11 is 5.75. The molecular formula is C15H19ClN2O3. The third-order valence-electron chi connectivity index (χ3n) is 3.59. The van der Waals surface area contributed by atoms with Gasteiger partial charge in [-0.1, -0.05) is 11.6 Å². The summed E-state index contributed by atoms with van der Waals surface area (Å²) in [4.78, 5) is 25.8. The van der Waals surface area contributed by atoms with E-state index in [0.717, 1.165) is 19.4 Å². The lowest BCUT2D eigenvalue weighted by atomic mass is 9.99. The van der Waals surface area contributed by atoms with Gasteiger partial charge in [0, 0.05) is 23.7 Å². The van der Waals surface area contributed by atoms with Gasteiger partial charge in [-0.05, 0) is 49.6 Å². The minimum atomic E-state index is -0.424. The van der Waals surface area contributed by atoms with Crippen LogP contribution in [0.2, 0.25) is 5.02 Å². The average Bonchev–Trinajstić information content (AvgIpc) is 2.47. The molecule has 21 heavy (non-hydrogen) atoms. The zero-order valence-electron chi connectivity index (χ0n) is 11.7. The van der Waals surface area contributed by atoms with Crippen molar-refractivity contribution in [3.63, 3.8) is 0 Å². The number of nitrogens with one attached hydrogen (secondary N) is 1. The lowest BCUT2D eigenvalue weighted by Crippen LogP contribution is -2.44. The second-order valence-electron chi connectivity index (χ2n) is 5.31. The van der Waals surface area contributed by atoms with Crippen LogP contribution in [0, 0.1) is 5.92 Å². The lowest BCUT2D eigenvalue weighted by molar-refractivity contribution is -0.121. The average molecular weight is 311 g/mol. The fourth-order valence-corrected chi connectivity index (χ4v) is 2.61. The van der Waals surface area contributed by atoms with Crippen LogP contribution in [0.25, 0.3) is 0 Å². The Morgan fingerprint density at radius 1 is 1.33 bits per heavy atom. The number of imide groups is 1. The first-order valence-electron chi connectivity index (χ1n) is 7.01. The molecule has 1 fully saturated rings. The van der Waals surface area contributed by atoms with Crippen molar-refractivity contribution in [2.75, 3.05) is 26.2 Å². The minimum Gasteiger partial charge on any atom is -0.396 e. The molecule has 0 spiro atoms. The number of aliphatic hydroxyl groups is 1. The molecule has 1 aliphatic heterocycles. The molecule has 2 N–H and O–H groups in total. The van der Waals surface area contributed by atoms with Gasteiger partial charge in [0.1, 0.15) is 0 Å². The highest BCUT2D eigenvalue weighted by Crippen LogP contribution is 2.15. The molecule has 0 aliphatic carbocycles. The fraction of sp³-hybridized carbons (Fsp3) is 0.467. The van der Waals surface area contributed by atoms with E-state index in [1.807, 2.05) is 4.90 Å². The molecule has 1 aliphatic rings. The number of aliphatic hydroxyl groups excluding tert-OH is 1. The van der Waals surface area contributed by atoms with Crippen molar-refractivity contribution in [2.45, 2.75) is 12.8 Å². The van der Waals surface area contributed by atoms with Crippen LogP contribution >= 0.6 is 11.6 Å². The van der Waals surface area contributed by atoms with Crippen LogP contribution in [0.4, 0.5) is 0 Å². The molecule has 0 bridgehead atoms. The Labute approximate surface area is 128 Å². The van der Waals surface area contributed by atoms with Gasteiger partial charge in [-0.15, -0.1) is 0 Å². The molecule has 1 heterocycles. The number of hydrogen-bond donors (Lipinski definition) is 2. The summed E-state index contributed by atoms with van der Waals surface area (Å²) in [6.45, 7) is 1.83. The maximum absolute atomic E-state index is 11.9. The molecule has 5 nitrogen and oxygen atoms in total. The Morgan fingerprint density at radius 3 is 2.71 bits per heavy atom. The summed E-state index contributed by atoms with van der Waals surface area (Å²) in [7, 11) is 0. The third-order valence-corrected chi connectivity index (χ3v) is 3.84. The standard InChI is InChI=1S/C15H19ClN2O3/c16-13-5-3-12(4-6-13)15(21)17-14(20)9-18-7-1-2-11(8-18)10-19/h3-6,11,19H,1-2,7-10H2,(H,17,20,21). The zero-order chi connectivity index (χ0) is 15.2. The molecule has 0 aromatic heterocycles. The predicted molar refractivity (Wildman–Crippen MR) is 80.2 cm³/mol. The number of halogens is 1. The number of benzene rings is 1. The van der Waals surface area contributed by atoms with E-state index in [-0.39, 0.29) is 25.0 Å². The highest BCUT2D eigenvalue weighted by molar-refractivity contribution is 6.30. The largest absolute Gasteiger partial charge is 0.396 e. The lowest BCUT2D eigenvalue weighted by Gasteiger charge is -2.30. The van der Waals surface area contributed by atoms with Crippen LogP contribution in [0.5, 0.6) is 0 Å². The van der Waals surface area contributed by atoms with Crippen molar-refractivity contribution in [2.24, 2.45) is 5.92 Å². The number of likely N-dealkylation sites (tertiary alicyclic amines) is 1. The van der Waals surface area contributed by atoms with Gasteiger partial charge in [-0.25, -0.2) is 0 Å². The summed E-state index contributed by atoms with van der Waals surface area (Å²) in [5.41, 5.74) is 0.402. The molecule has 0 saturated carbocycles. The van der Waals surface area contributed by atoms with Crippen LogP contribution in [-0.2, 0) is 4.79 Å². The highest BCUT2D eigenvalue weighted by atomic mass is 35.5. The van der Waals surface area contributed by atoms with Gasteiger partial charge in [-0.3, -0.25) is 19.8 Å². The van der Waals surface area contributed by atoms with E-state index in [1.165, 1.54) is 0 Å². The van der Waals surface area contributed by atoms with E-state index in [9.17, 15) is 9.59 Å². The van der Waals surface area contributed by atoms with E-state index in [2.05, 4.69) is 5.32 Å². The van der Waals surface area contributed by atoms with E-state index in [1.54, 1.807) is 24.3 Å². The van der Waals surface area contributed by atoms with E-state index >= 15 is 0 Å². The number of nitrogens with zero attached hydrogens (tertiary/aromatic N) is 1. The first kappa shape index (κ1) is 15.9. The third kappa shape index (κ3) is 4.81. The number of carbonyl (C=O) groups is 2. The molecule has 0 radical (unpaired) electrons. The van der Waals surface area contributed by atoms with Crippen molar-refractivity contribution >= 4 is 23.4 Å². The Kier molecular flexibility index (Phi) is 5.73. The Bertz CT molecular complexity index is 504. The van der Waals surface area contributed by atoms with Crippen molar-refractivity contribution in [1.29, 1.82) is 0 Å². The molecular weight excluding hydrogens is 292 g/mol. The fourth-order valence-electron chi connectivity index (χ4n) is 2.49. The molecule has 1 aromatic rings. The summed E-state index contributed by atoms with van der Waals surface area (Å²) in [5.74, 6) is -0.528. The molecule has 1 saturated heterocycles. The van der Waals surface area contributed by atoms with E-state index in [0.29, 0.717) is 17.1 Å². The molecule has 2 amide bonds. The summed E-state index contributed by atoms with van der Waals surface area (Å²) in [6, 6.07) is 6.37. The molecule has 1 unspecified atom stereocenters. The van der Waals surface area contributed by atoms with Crippen LogP contribution in [-0.4, -0.2) is 48.1 Å². The monoisotopic (exact) mass is 310 g/mol. The van der Waals surface area contributed by atoms with Crippen molar-refractivity contribution in [3.8, 4) is 0 Å². The smallest absolute Gasteiger partial charge is 0.257 e. The SMILES string of the molecule is O=C(CN1CCCC(CO)C1)NC(=O)c1ccc(Cl)cc1. The Morgan fingerprint density at radius 2 is 2.05 bits per heavy atom. The normalized spacial score (nSPS) is 19.2. The van der Waals surface area contributed by atoms with Gasteiger partial charge in [0.25, 0.3) is 5.91 Å². The molecule has 114 valence electrons. The number of carbonyl (C=O) groups excluding carboxylic acids is 2. The van der Waals surface area contributed by atoms with Gasteiger partial charge in [0.05, 0.1) is 6.54 Å². The summed E-state index contributed by atoms with van der Waals surface area (Å²) < 4.78 is 0. The second kappa shape index (κ2) is 7.54.